The molecule has 16 heavy (non-hydrogen) atoms. The lowest BCUT2D eigenvalue weighted by molar-refractivity contribution is 0.0239. The summed E-state index contributed by atoms with van der Waals surface area (Å²) in [4.78, 5) is 11.7. The Kier molecular flexibility index (Phi) is 2.62. The van der Waals surface area contributed by atoms with Crippen LogP contribution in [-0.2, 0) is 11.2 Å². The summed E-state index contributed by atoms with van der Waals surface area (Å²) in [5, 5.41) is 9.80. The van der Waals surface area contributed by atoms with Crippen LogP contribution in [0.25, 0.3) is 0 Å². The van der Waals surface area contributed by atoms with E-state index in [0.29, 0.717) is 5.56 Å². The molecule has 1 aliphatic heterocycles. The molecule has 0 radical (unpaired) electrons. The fraction of sp³-hybridized carbons (Fsp3) is 0.462. The van der Waals surface area contributed by atoms with E-state index in [1.807, 2.05) is 20.8 Å². The quantitative estimate of drug-likeness (QED) is 0.740. The summed E-state index contributed by atoms with van der Waals surface area (Å²) < 4.78 is 5.24. The number of aromatic hydroxyl groups is 1. The van der Waals surface area contributed by atoms with Gasteiger partial charge in [-0.05, 0) is 36.6 Å². The molecule has 1 aromatic rings. The van der Waals surface area contributed by atoms with E-state index < -0.39 is 0 Å². The SMILES string of the molecule is CCc1c(O)ccc2c1[C@H](C)[C@H](C)OC2=O. The van der Waals surface area contributed by atoms with Crippen LogP contribution >= 0.6 is 0 Å². The molecule has 3 heteroatoms. The molecule has 0 amide bonds. The molecule has 0 fully saturated rings. The maximum Gasteiger partial charge on any atom is 0.338 e. The van der Waals surface area contributed by atoms with Crippen LogP contribution in [0.15, 0.2) is 12.1 Å². The number of phenolic OH excluding ortho intramolecular Hbond substituents is 1. The van der Waals surface area contributed by atoms with Gasteiger partial charge in [0.1, 0.15) is 11.9 Å². The molecule has 3 nitrogen and oxygen atoms in total. The van der Waals surface area contributed by atoms with Crippen LogP contribution in [0, 0.1) is 0 Å². The van der Waals surface area contributed by atoms with Gasteiger partial charge in [0.2, 0.25) is 0 Å². The molecular weight excluding hydrogens is 204 g/mol. The van der Waals surface area contributed by atoms with Gasteiger partial charge in [-0.25, -0.2) is 4.79 Å². The van der Waals surface area contributed by atoms with Crippen molar-refractivity contribution in [1.82, 2.24) is 0 Å². The number of cyclic esters (lactones) is 1. The highest BCUT2D eigenvalue weighted by Crippen LogP contribution is 2.37. The van der Waals surface area contributed by atoms with Crippen molar-refractivity contribution in [3.05, 3.63) is 28.8 Å². The predicted molar refractivity (Wildman–Crippen MR) is 60.8 cm³/mol. The molecule has 1 N–H and O–H groups in total. The molecule has 86 valence electrons. The zero-order valence-corrected chi connectivity index (χ0v) is 9.78. The minimum atomic E-state index is -0.282. The number of rotatable bonds is 1. The van der Waals surface area contributed by atoms with Crippen molar-refractivity contribution >= 4 is 5.97 Å². The average molecular weight is 220 g/mol. The van der Waals surface area contributed by atoms with E-state index >= 15 is 0 Å². The lowest BCUT2D eigenvalue weighted by Gasteiger charge is -2.30. The molecule has 0 unspecified atom stereocenters. The van der Waals surface area contributed by atoms with Crippen LogP contribution in [-0.4, -0.2) is 17.2 Å². The lowest BCUT2D eigenvalue weighted by Crippen LogP contribution is -2.29. The Bertz CT molecular complexity index is 437. The summed E-state index contributed by atoms with van der Waals surface area (Å²) in [5.74, 6) is 0.125. The van der Waals surface area contributed by atoms with E-state index in [2.05, 4.69) is 0 Å². The van der Waals surface area contributed by atoms with Gasteiger partial charge < -0.3 is 9.84 Å². The van der Waals surface area contributed by atoms with Crippen LogP contribution in [0.3, 0.4) is 0 Å². The first-order chi connectivity index (χ1) is 7.56. The van der Waals surface area contributed by atoms with E-state index in [-0.39, 0.29) is 23.7 Å². The standard InChI is InChI=1S/C13H16O3/c1-4-9-11(14)6-5-10-12(9)7(2)8(3)16-13(10)15/h5-8,14H,4H2,1-3H3/t7-,8+/m1/s1. The zero-order chi connectivity index (χ0) is 11.9. The fourth-order valence-electron chi connectivity index (χ4n) is 2.29. The van der Waals surface area contributed by atoms with Crippen LogP contribution < -0.4 is 0 Å². The number of esters is 1. The molecule has 0 bridgehead atoms. The molecule has 0 aromatic heterocycles. The highest BCUT2D eigenvalue weighted by molar-refractivity contribution is 5.93. The summed E-state index contributed by atoms with van der Waals surface area (Å²) in [6.45, 7) is 5.89. The van der Waals surface area contributed by atoms with Crippen molar-refractivity contribution in [2.45, 2.75) is 39.2 Å². The van der Waals surface area contributed by atoms with Crippen molar-refractivity contribution in [3.63, 3.8) is 0 Å². The summed E-state index contributed by atoms with van der Waals surface area (Å²) in [6, 6.07) is 3.22. The van der Waals surface area contributed by atoms with Gasteiger partial charge in [-0.1, -0.05) is 13.8 Å². The van der Waals surface area contributed by atoms with E-state index in [9.17, 15) is 9.90 Å². The smallest absolute Gasteiger partial charge is 0.338 e. The van der Waals surface area contributed by atoms with Crippen LogP contribution in [0.4, 0.5) is 0 Å². The number of carbonyl (C=O) groups is 1. The van der Waals surface area contributed by atoms with Crippen molar-refractivity contribution in [1.29, 1.82) is 0 Å². The highest BCUT2D eigenvalue weighted by atomic mass is 16.5. The first-order valence-electron chi connectivity index (χ1n) is 5.62. The molecule has 0 spiro atoms. The Morgan fingerprint density at radius 2 is 2.06 bits per heavy atom. The molecule has 1 aromatic carbocycles. The lowest BCUT2D eigenvalue weighted by atomic mass is 9.84. The number of carbonyl (C=O) groups excluding carboxylic acids is 1. The third-order valence-electron chi connectivity index (χ3n) is 3.36. The van der Waals surface area contributed by atoms with Gasteiger partial charge in [0.15, 0.2) is 0 Å². The van der Waals surface area contributed by atoms with Crippen molar-refractivity contribution < 1.29 is 14.6 Å². The summed E-state index contributed by atoms with van der Waals surface area (Å²) in [5.41, 5.74) is 2.42. The van der Waals surface area contributed by atoms with Gasteiger partial charge in [0.25, 0.3) is 0 Å². The van der Waals surface area contributed by atoms with Gasteiger partial charge in [0.05, 0.1) is 5.56 Å². The van der Waals surface area contributed by atoms with Gasteiger partial charge >= 0.3 is 5.97 Å². The molecule has 1 aliphatic rings. The summed E-state index contributed by atoms with van der Waals surface area (Å²) in [7, 11) is 0. The molecular formula is C13H16O3. The Labute approximate surface area is 95.0 Å². The van der Waals surface area contributed by atoms with E-state index in [1.165, 1.54) is 0 Å². The predicted octanol–water partition coefficient (Wildman–Crippen LogP) is 2.62. The second kappa shape index (κ2) is 3.81. The third-order valence-corrected chi connectivity index (χ3v) is 3.36. The Morgan fingerprint density at radius 1 is 1.38 bits per heavy atom. The maximum atomic E-state index is 11.7. The molecule has 2 rings (SSSR count). The second-order valence-electron chi connectivity index (χ2n) is 4.28. The van der Waals surface area contributed by atoms with Gasteiger partial charge in [0, 0.05) is 5.92 Å². The van der Waals surface area contributed by atoms with Gasteiger partial charge in [-0.15, -0.1) is 0 Å². The van der Waals surface area contributed by atoms with Crippen molar-refractivity contribution in [2.75, 3.05) is 0 Å². The minimum Gasteiger partial charge on any atom is -0.508 e. The van der Waals surface area contributed by atoms with E-state index in [4.69, 9.17) is 4.74 Å². The maximum absolute atomic E-state index is 11.7. The summed E-state index contributed by atoms with van der Waals surface area (Å²) in [6.07, 6.45) is 0.589. The van der Waals surface area contributed by atoms with Crippen LogP contribution in [0.5, 0.6) is 5.75 Å². The zero-order valence-electron chi connectivity index (χ0n) is 9.78. The topological polar surface area (TPSA) is 46.5 Å². The molecule has 1 heterocycles. The van der Waals surface area contributed by atoms with Gasteiger partial charge in [-0.3, -0.25) is 0 Å². The molecule has 2 atom stereocenters. The number of ether oxygens (including phenoxy) is 1. The first kappa shape index (κ1) is 11.0. The van der Waals surface area contributed by atoms with Crippen molar-refractivity contribution in [2.24, 2.45) is 0 Å². The number of fused-ring (bicyclic) bond motifs is 1. The highest BCUT2D eigenvalue weighted by Gasteiger charge is 2.32. The Morgan fingerprint density at radius 3 is 2.69 bits per heavy atom. The number of benzene rings is 1. The molecule has 0 saturated carbocycles. The number of hydrogen-bond donors (Lipinski definition) is 1. The fourth-order valence-corrected chi connectivity index (χ4v) is 2.29. The van der Waals surface area contributed by atoms with Crippen LogP contribution in [0.1, 0.15) is 48.2 Å². The average Bonchev–Trinajstić information content (AvgIpc) is 2.25. The van der Waals surface area contributed by atoms with E-state index in [1.54, 1.807) is 12.1 Å². The van der Waals surface area contributed by atoms with Gasteiger partial charge in [-0.2, -0.15) is 0 Å². The minimum absolute atomic E-state index is 0.132. The van der Waals surface area contributed by atoms with Crippen LogP contribution in [0.2, 0.25) is 0 Å². The Hall–Kier alpha value is -1.51. The van der Waals surface area contributed by atoms with Crippen molar-refractivity contribution in [3.8, 4) is 5.75 Å². The third kappa shape index (κ3) is 1.47. The molecule has 0 aliphatic carbocycles. The van der Waals surface area contributed by atoms with E-state index in [0.717, 1.165) is 17.5 Å². The number of phenols is 1. The largest absolute Gasteiger partial charge is 0.508 e. The number of hydrogen-bond acceptors (Lipinski definition) is 3. The second-order valence-corrected chi connectivity index (χ2v) is 4.28. The molecule has 0 saturated heterocycles. The summed E-state index contributed by atoms with van der Waals surface area (Å²) >= 11 is 0. The normalized spacial score (nSPS) is 23.8. The Balaban J connectivity index is 2.67. The first-order valence-corrected chi connectivity index (χ1v) is 5.62. The monoisotopic (exact) mass is 220 g/mol.